The first-order valence-electron chi connectivity index (χ1n) is 6.24. The van der Waals surface area contributed by atoms with Gasteiger partial charge in [-0.25, -0.2) is 0 Å². The molecule has 1 aliphatic heterocycles. The van der Waals surface area contributed by atoms with Gasteiger partial charge in [0, 0.05) is 31.7 Å². The number of hydrogen-bond acceptors (Lipinski definition) is 2. The number of hydrogen-bond donors (Lipinski definition) is 1. The summed E-state index contributed by atoms with van der Waals surface area (Å²) in [6.45, 7) is 5.46. The van der Waals surface area contributed by atoms with Crippen molar-refractivity contribution < 1.29 is 4.79 Å². The Kier molecular flexibility index (Phi) is 3.67. The summed E-state index contributed by atoms with van der Waals surface area (Å²) < 4.78 is 0. The molecule has 0 bridgehead atoms. The van der Waals surface area contributed by atoms with E-state index >= 15 is 0 Å². The summed E-state index contributed by atoms with van der Waals surface area (Å²) in [6, 6.07) is 8.79. The lowest BCUT2D eigenvalue weighted by atomic mass is 10.1. The van der Waals surface area contributed by atoms with Crippen LogP contribution in [0.25, 0.3) is 0 Å². The highest BCUT2D eigenvalue weighted by Gasteiger charge is 2.20. The number of anilines is 1. The Hall–Kier alpha value is -1.51. The number of nitrogens with zero attached hydrogens (tertiary/aromatic N) is 1. The Bertz CT molecular complexity index is 386. The second-order valence-corrected chi connectivity index (χ2v) is 4.81. The molecule has 0 aromatic heterocycles. The van der Waals surface area contributed by atoms with Gasteiger partial charge in [0.2, 0.25) is 5.91 Å². The van der Waals surface area contributed by atoms with E-state index in [-0.39, 0.29) is 5.91 Å². The number of aryl methyl sites for hydroxylation is 1. The van der Waals surface area contributed by atoms with Gasteiger partial charge in [0.25, 0.3) is 0 Å². The maximum absolute atomic E-state index is 11.3. The fourth-order valence-electron chi connectivity index (χ4n) is 2.27. The van der Waals surface area contributed by atoms with E-state index in [4.69, 9.17) is 0 Å². The van der Waals surface area contributed by atoms with Gasteiger partial charge in [-0.1, -0.05) is 17.7 Å². The van der Waals surface area contributed by atoms with Crippen LogP contribution < -0.4 is 5.32 Å². The average Bonchev–Trinajstić information content (AvgIpc) is 2.32. The molecule has 1 heterocycles. The third-order valence-corrected chi connectivity index (χ3v) is 3.29. The lowest BCUT2D eigenvalue weighted by molar-refractivity contribution is -0.129. The lowest BCUT2D eigenvalue weighted by Gasteiger charge is -2.33. The molecule has 17 heavy (non-hydrogen) atoms. The molecule has 3 heteroatoms. The number of piperidine rings is 1. The first kappa shape index (κ1) is 12.0. The molecule has 1 unspecified atom stereocenters. The minimum atomic E-state index is 0.181. The minimum absolute atomic E-state index is 0.181. The molecular formula is C14H20N2O. The molecule has 1 fully saturated rings. The fourth-order valence-corrected chi connectivity index (χ4v) is 2.27. The molecule has 1 amide bonds. The minimum Gasteiger partial charge on any atom is -0.381 e. The average molecular weight is 232 g/mol. The molecule has 1 aromatic rings. The summed E-state index contributed by atoms with van der Waals surface area (Å²) in [6.07, 6.45) is 2.22. The molecule has 0 aliphatic carbocycles. The first-order chi connectivity index (χ1) is 8.15. The van der Waals surface area contributed by atoms with Crippen LogP contribution in [0.3, 0.4) is 0 Å². The van der Waals surface area contributed by atoms with Crippen LogP contribution in [-0.4, -0.2) is 29.9 Å². The molecular weight excluding hydrogens is 212 g/mol. The van der Waals surface area contributed by atoms with E-state index < -0.39 is 0 Å². The van der Waals surface area contributed by atoms with Crippen molar-refractivity contribution in [1.29, 1.82) is 0 Å². The number of carbonyl (C=O) groups is 1. The van der Waals surface area contributed by atoms with Gasteiger partial charge in [-0.3, -0.25) is 4.79 Å². The van der Waals surface area contributed by atoms with Crippen LogP contribution in [0.15, 0.2) is 24.3 Å². The summed E-state index contributed by atoms with van der Waals surface area (Å²) >= 11 is 0. The number of benzene rings is 1. The van der Waals surface area contributed by atoms with Crippen LogP contribution in [0.5, 0.6) is 0 Å². The van der Waals surface area contributed by atoms with E-state index in [2.05, 4.69) is 36.5 Å². The SMILES string of the molecule is CC(=O)N1CCCC(Nc2ccc(C)cc2)C1. The van der Waals surface area contributed by atoms with E-state index in [1.54, 1.807) is 6.92 Å². The van der Waals surface area contributed by atoms with E-state index in [1.807, 2.05) is 4.90 Å². The second kappa shape index (κ2) is 5.21. The predicted molar refractivity (Wildman–Crippen MR) is 70.1 cm³/mol. The van der Waals surface area contributed by atoms with Crippen molar-refractivity contribution in [3.8, 4) is 0 Å². The molecule has 1 saturated heterocycles. The van der Waals surface area contributed by atoms with Crippen LogP contribution in [0, 0.1) is 6.92 Å². The second-order valence-electron chi connectivity index (χ2n) is 4.81. The topological polar surface area (TPSA) is 32.3 Å². The molecule has 2 rings (SSSR count). The Morgan fingerprint density at radius 1 is 1.35 bits per heavy atom. The molecule has 1 aliphatic rings. The number of carbonyl (C=O) groups excluding carboxylic acids is 1. The molecule has 3 nitrogen and oxygen atoms in total. The predicted octanol–water partition coefficient (Wildman–Crippen LogP) is 2.42. The van der Waals surface area contributed by atoms with Gasteiger partial charge in [-0.05, 0) is 31.9 Å². The number of amides is 1. The Labute approximate surface area is 103 Å². The smallest absolute Gasteiger partial charge is 0.219 e. The van der Waals surface area contributed by atoms with Crippen LogP contribution in [0.2, 0.25) is 0 Å². The fraction of sp³-hybridized carbons (Fsp3) is 0.500. The van der Waals surface area contributed by atoms with Crippen molar-refractivity contribution in [3.63, 3.8) is 0 Å². The Balaban J connectivity index is 1.94. The van der Waals surface area contributed by atoms with Crippen molar-refractivity contribution >= 4 is 11.6 Å². The van der Waals surface area contributed by atoms with Crippen LogP contribution in [0.1, 0.15) is 25.3 Å². The maximum atomic E-state index is 11.3. The van der Waals surface area contributed by atoms with Gasteiger partial charge in [-0.2, -0.15) is 0 Å². The van der Waals surface area contributed by atoms with E-state index in [1.165, 1.54) is 5.56 Å². The quantitative estimate of drug-likeness (QED) is 0.849. The third-order valence-electron chi connectivity index (χ3n) is 3.29. The molecule has 1 atom stereocenters. The first-order valence-corrected chi connectivity index (χ1v) is 6.24. The molecule has 1 N–H and O–H groups in total. The highest BCUT2D eigenvalue weighted by Crippen LogP contribution is 2.16. The summed E-state index contributed by atoms with van der Waals surface area (Å²) in [4.78, 5) is 13.3. The van der Waals surface area contributed by atoms with Crippen molar-refractivity contribution in [2.24, 2.45) is 0 Å². The zero-order valence-corrected chi connectivity index (χ0v) is 10.6. The van der Waals surface area contributed by atoms with Crippen molar-refractivity contribution in [2.75, 3.05) is 18.4 Å². The highest BCUT2D eigenvalue weighted by atomic mass is 16.2. The number of rotatable bonds is 2. The Morgan fingerprint density at radius 3 is 2.71 bits per heavy atom. The maximum Gasteiger partial charge on any atom is 0.219 e. The number of nitrogens with one attached hydrogen (secondary N) is 1. The summed E-state index contributed by atoms with van der Waals surface area (Å²) in [7, 11) is 0. The molecule has 92 valence electrons. The van der Waals surface area contributed by atoms with E-state index in [0.717, 1.165) is 31.6 Å². The lowest BCUT2D eigenvalue weighted by Crippen LogP contribution is -2.44. The van der Waals surface area contributed by atoms with Gasteiger partial charge in [0.1, 0.15) is 0 Å². The number of likely N-dealkylation sites (tertiary alicyclic amines) is 1. The third kappa shape index (κ3) is 3.22. The van der Waals surface area contributed by atoms with E-state index in [0.29, 0.717) is 6.04 Å². The van der Waals surface area contributed by atoms with Gasteiger partial charge < -0.3 is 10.2 Å². The van der Waals surface area contributed by atoms with Crippen LogP contribution in [0.4, 0.5) is 5.69 Å². The van der Waals surface area contributed by atoms with Crippen molar-refractivity contribution in [1.82, 2.24) is 4.90 Å². The van der Waals surface area contributed by atoms with Crippen LogP contribution in [-0.2, 0) is 4.79 Å². The highest BCUT2D eigenvalue weighted by molar-refractivity contribution is 5.73. The zero-order chi connectivity index (χ0) is 12.3. The summed E-state index contributed by atoms with van der Waals surface area (Å²) in [5.41, 5.74) is 2.41. The summed E-state index contributed by atoms with van der Waals surface area (Å²) in [5.74, 6) is 0.181. The van der Waals surface area contributed by atoms with E-state index in [9.17, 15) is 4.79 Å². The van der Waals surface area contributed by atoms with Gasteiger partial charge in [0.15, 0.2) is 0 Å². The largest absolute Gasteiger partial charge is 0.381 e. The van der Waals surface area contributed by atoms with Crippen LogP contribution >= 0.6 is 0 Å². The molecule has 1 aromatic carbocycles. The monoisotopic (exact) mass is 232 g/mol. The van der Waals surface area contributed by atoms with Crippen molar-refractivity contribution in [3.05, 3.63) is 29.8 Å². The summed E-state index contributed by atoms with van der Waals surface area (Å²) in [5, 5.41) is 3.50. The zero-order valence-electron chi connectivity index (χ0n) is 10.6. The van der Waals surface area contributed by atoms with Gasteiger partial charge >= 0.3 is 0 Å². The van der Waals surface area contributed by atoms with Crippen molar-refractivity contribution in [2.45, 2.75) is 32.7 Å². The molecule has 0 spiro atoms. The Morgan fingerprint density at radius 2 is 2.06 bits per heavy atom. The van der Waals surface area contributed by atoms with Gasteiger partial charge in [-0.15, -0.1) is 0 Å². The normalized spacial score (nSPS) is 20.1. The van der Waals surface area contributed by atoms with Gasteiger partial charge in [0.05, 0.1) is 0 Å². The standard InChI is InChI=1S/C14H20N2O/c1-11-5-7-13(8-6-11)15-14-4-3-9-16(10-14)12(2)17/h5-8,14-15H,3-4,9-10H2,1-2H3. The molecule has 0 radical (unpaired) electrons. The molecule has 0 saturated carbocycles.